The van der Waals surface area contributed by atoms with E-state index in [0.29, 0.717) is 17.6 Å². The number of aromatic nitrogens is 1. The highest BCUT2D eigenvalue weighted by Crippen LogP contribution is 2.39. The van der Waals surface area contributed by atoms with Crippen LogP contribution in [-0.2, 0) is 6.18 Å². The van der Waals surface area contributed by atoms with Crippen molar-refractivity contribution in [2.45, 2.75) is 20.0 Å². The Morgan fingerprint density at radius 1 is 1.35 bits per heavy atom. The number of benzene rings is 1. The Morgan fingerprint density at radius 3 is 2.55 bits per heavy atom. The van der Waals surface area contributed by atoms with Crippen LogP contribution in [0.2, 0.25) is 5.02 Å². The van der Waals surface area contributed by atoms with Gasteiger partial charge in [0.1, 0.15) is 5.69 Å². The van der Waals surface area contributed by atoms with Crippen molar-refractivity contribution >= 4 is 50.8 Å². The lowest BCUT2D eigenvalue weighted by molar-refractivity contribution is -0.141. The second kappa shape index (κ2) is 5.55. The molecule has 0 spiro atoms. The summed E-state index contributed by atoms with van der Waals surface area (Å²) in [5, 5.41) is 3.81. The zero-order valence-corrected chi connectivity index (χ0v) is 13.6. The molecule has 2 rings (SSSR count). The van der Waals surface area contributed by atoms with Crippen molar-refractivity contribution in [3.63, 3.8) is 0 Å². The third-order valence-electron chi connectivity index (χ3n) is 2.87. The van der Waals surface area contributed by atoms with Gasteiger partial charge in [0.05, 0.1) is 10.5 Å². The van der Waals surface area contributed by atoms with Gasteiger partial charge in [-0.15, -0.1) is 0 Å². The molecular formula is C13H11ClF3IN2. The number of alkyl halides is 3. The number of hydrogen-bond donors (Lipinski definition) is 1. The molecule has 0 amide bonds. The molecule has 0 fully saturated rings. The van der Waals surface area contributed by atoms with Gasteiger partial charge in [-0.05, 0) is 48.6 Å². The maximum absolute atomic E-state index is 13.1. The number of pyridine rings is 1. The normalized spacial score (nSPS) is 11.9. The summed E-state index contributed by atoms with van der Waals surface area (Å²) in [5.74, 6) is 0. The van der Waals surface area contributed by atoms with Gasteiger partial charge in [0, 0.05) is 26.8 Å². The minimum atomic E-state index is -4.51. The topological polar surface area (TPSA) is 24.9 Å². The zero-order valence-electron chi connectivity index (χ0n) is 10.7. The Morgan fingerprint density at radius 2 is 2.00 bits per heavy atom. The fourth-order valence-electron chi connectivity index (χ4n) is 2.07. The molecule has 1 N–H and O–H groups in total. The molecule has 108 valence electrons. The number of rotatable bonds is 2. The molecule has 20 heavy (non-hydrogen) atoms. The molecule has 0 bridgehead atoms. The standard InChI is InChI=1S/C13H11ClF3IN2/c1-3-19-10-6(2)12(13(15,16)17)20-11-8(10)4-7(18)5-9(11)14/h4-5H,3H2,1-2H3,(H,19,20). The maximum atomic E-state index is 13.1. The van der Waals surface area contributed by atoms with Crippen molar-refractivity contribution < 1.29 is 13.2 Å². The van der Waals surface area contributed by atoms with Crippen LogP contribution in [0.4, 0.5) is 18.9 Å². The first-order valence-corrected chi connectivity index (χ1v) is 7.31. The number of fused-ring (bicyclic) bond motifs is 1. The summed E-state index contributed by atoms with van der Waals surface area (Å²) >= 11 is 8.12. The smallest absolute Gasteiger partial charge is 0.385 e. The Kier molecular flexibility index (Phi) is 4.34. The van der Waals surface area contributed by atoms with E-state index in [0.717, 1.165) is 3.57 Å². The first-order valence-electron chi connectivity index (χ1n) is 5.86. The first-order chi connectivity index (χ1) is 9.25. The van der Waals surface area contributed by atoms with Crippen molar-refractivity contribution in [1.29, 1.82) is 0 Å². The highest BCUT2D eigenvalue weighted by atomic mass is 127. The van der Waals surface area contributed by atoms with Crippen LogP contribution in [0.25, 0.3) is 10.9 Å². The Balaban J connectivity index is 2.91. The molecule has 1 aromatic heterocycles. The number of nitrogens with zero attached hydrogens (tertiary/aromatic N) is 1. The third kappa shape index (κ3) is 2.81. The van der Waals surface area contributed by atoms with Crippen molar-refractivity contribution in [3.8, 4) is 0 Å². The number of hydrogen-bond acceptors (Lipinski definition) is 2. The summed E-state index contributed by atoms with van der Waals surface area (Å²) in [6.07, 6.45) is -4.51. The van der Waals surface area contributed by atoms with Crippen LogP contribution in [-0.4, -0.2) is 11.5 Å². The molecular weight excluding hydrogens is 404 g/mol. The molecule has 0 aliphatic carbocycles. The fraction of sp³-hybridized carbons (Fsp3) is 0.308. The summed E-state index contributed by atoms with van der Waals surface area (Å²) in [6, 6.07) is 3.38. The summed E-state index contributed by atoms with van der Waals surface area (Å²) in [7, 11) is 0. The van der Waals surface area contributed by atoms with Crippen LogP contribution in [0, 0.1) is 10.5 Å². The lowest BCUT2D eigenvalue weighted by atomic mass is 10.1. The highest BCUT2D eigenvalue weighted by Gasteiger charge is 2.36. The highest BCUT2D eigenvalue weighted by molar-refractivity contribution is 14.1. The molecule has 7 heteroatoms. The van der Waals surface area contributed by atoms with Gasteiger partial charge in [-0.1, -0.05) is 11.6 Å². The predicted octanol–water partition coefficient (Wildman–Crippen LogP) is 5.25. The van der Waals surface area contributed by atoms with Crippen molar-refractivity contribution in [2.75, 3.05) is 11.9 Å². The van der Waals surface area contributed by atoms with Gasteiger partial charge in [-0.3, -0.25) is 0 Å². The number of halogens is 5. The zero-order chi connectivity index (χ0) is 15.1. The summed E-state index contributed by atoms with van der Waals surface area (Å²) < 4.78 is 40.1. The maximum Gasteiger partial charge on any atom is 0.433 e. The number of anilines is 1. The fourth-order valence-corrected chi connectivity index (χ4v) is 3.14. The van der Waals surface area contributed by atoms with Crippen LogP contribution in [0.1, 0.15) is 18.2 Å². The predicted molar refractivity (Wildman–Crippen MR) is 83.4 cm³/mol. The largest absolute Gasteiger partial charge is 0.433 e. The van der Waals surface area contributed by atoms with Crippen LogP contribution < -0.4 is 5.32 Å². The van der Waals surface area contributed by atoms with E-state index in [1.807, 2.05) is 6.92 Å². The van der Waals surface area contributed by atoms with Gasteiger partial charge >= 0.3 is 6.18 Å². The molecule has 0 aliphatic heterocycles. The van der Waals surface area contributed by atoms with Gasteiger partial charge < -0.3 is 5.32 Å². The molecule has 0 unspecified atom stereocenters. The van der Waals surface area contributed by atoms with E-state index in [4.69, 9.17) is 11.6 Å². The van der Waals surface area contributed by atoms with Crippen LogP contribution in [0.5, 0.6) is 0 Å². The minimum absolute atomic E-state index is 0.0879. The second-order valence-corrected chi connectivity index (χ2v) is 5.93. The van der Waals surface area contributed by atoms with Gasteiger partial charge in [-0.2, -0.15) is 13.2 Å². The Labute approximate surface area is 132 Å². The van der Waals surface area contributed by atoms with Gasteiger partial charge in [-0.25, -0.2) is 4.98 Å². The van der Waals surface area contributed by atoms with Crippen LogP contribution in [0.3, 0.4) is 0 Å². The molecule has 0 atom stereocenters. The quantitative estimate of drug-likeness (QED) is 0.679. The molecule has 0 saturated carbocycles. The van der Waals surface area contributed by atoms with Crippen LogP contribution in [0.15, 0.2) is 12.1 Å². The van der Waals surface area contributed by atoms with E-state index in [9.17, 15) is 13.2 Å². The van der Waals surface area contributed by atoms with E-state index in [2.05, 4.69) is 32.9 Å². The van der Waals surface area contributed by atoms with Crippen LogP contribution >= 0.6 is 34.2 Å². The van der Waals surface area contributed by atoms with Gasteiger partial charge in [0.2, 0.25) is 0 Å². The van der Waals surface area contributed by atoms with E-state index >= 15 is 0 Å². The van der Waals surface area contributed by atoms with Gasteiger partial charge in [0.25, 0.3) is 0 Å². The van der Waals surface area contributed by atoms with E-state index in [1.54, 1.807) is 12.1 Å². The summed E-state index contributed by atoms with van der Waals surface area (Å²) in [6.45, 7) is 3.76. The number of nitrogens with one attached hydrogen (secondary N) is 1. The molecule has 1 aromatic carbocycles. The molecule has 0 saturated heterocycles. The van der Waals surface area contributed by atoms with Crippen molar-refractivity contribution in [2.24, 2.45) is 0 Å². The minimum Gasteiger partial charge on any atom is -0.385 e. The first kappa shape index (κ1) is 15.6. The molecule has 1 heterocycles. The molecule has 2 nitrogen and oxygen atoms in total. The second-order valence-electron chi connectivity index (χ2n) is 4.27. The SMILES string of the molecule is CCNc1c(C)c(C(F)(F)F)nc2c(Cl)cc(I)cc12. The Hall–Kier alpha value is -0.760. The lowest BCUT2D eigenvalue weighted by Crippen LogP contribution is -2.13. The molecule has 0 radical (unpaired) electrons. The van der Waals surface area contributed by atoms with Gasteiger partial charge in [0.15, 0.2) is 0 Å². The average molecular weight is 415 g/mol. The van der Waals surface area contributed by atoms with Crippen molar-refractivity contribution in [1.82, 2.24) is 4.98 Å². The van der Waals surface area contributed by atoms with E-state index in [-0.39, 0.29) is 16.1 Å². The third-order valence-corrected chi connectivity index (χ3v) is 3.78. The summed E-state index contributed by atoms with van der Waals surface area (Å²) in [5.41, 5.74) is -0.208. The monoisotopic (exact) mass is 414 g/mol. The Bertz CT molecular complexity index is 671. The molecule has 0 aliphatic rings. The van der Waals surface area contributed by atoms with E-state index in [1.165, 1.54) is 6.92 Å². The van der Waals surface area contributed by atoms with Crippen molar-refractivity contribution in [3.05, 3.63) is 32.0 Å². The average Bonchev–Trinajstić information content (AvgIpc) is 2.31. The summed E-state index contributed by atoms with van der Waals surface area (Å²) in [4.78, 5) is 3.73. The van der Waals surface area contributed by atoms with E-state index < -0.39 is 11.9 Å². The lowest BCUT2D eigenvalue weighted by Gasteiger charge is -2.17. The molecule has 2 aromatic rings.